The minimum Gasteiger partial charge on any atom is -0.490 e. The molecule has 0 spiro atoms. The van der Waals surface area contributed by atoms with Crippen molar-refractivity contribution in [2.45, 2.75) is 25.5 Å². The number of piperidine rings is 1. The molecule has 2 aliphatic rings. The molecule has 36 heavy (non-hydrogen) atoms. The Morgan fingerprint density at radius 2 is 1.72 bits per heavy atom. The predicted molar refractivity (Wildman–Crippen MR) is 143 cm³/mol. The number of hydrogen-bond acceptors (Lipinski definition) is 5. The average molecular weight is 505 g/mol. The number of ether oxygens (including phenoxy) is 1. The summed E-state index contributed by atoms with van der Waals surface area (Å²) in [6, 6.07) is 16.8. The number of nitrogens with two attached hydrogens (primary N) is 2. The van der Waals surface area contributed by atoms with Gasteiger partial charge in [0.15, 0.2) is 5.96 Å². The van der Waals surface area contributed by atoms with Crippen LogP contribution in [0.5, 0.6) is 5.75 Å². The van der Waals surface area contributed by atoms with Crippen LogP contribution >= 0.6 is 0 Å². The summed E-state index contributed by atoms with van der Waals surface area (Å²) in [4.78, 5) is 1.83. The second-order valence-corrected chi connectivity index (χ2v) is 10.8. The minimum atomic E-state index is -3.64. The second kappa shape index (κ2) is 9.19. The number of hydrogen-bond donors (Lipinski definition) is 4. The highest BCUT2D eigenvalue weighted by molar-refractivity contribution is 7.95. The number of fused-ring (bicyclic) bond motifs is 2. The van der Waals surface area contributed by atoms with Crippen LogP contribution in [0, 0.1) is 10.8 Å². The van der Waals surface area contributed by atoms with E-state index in [2.05, 4.69) is 0 Å². The molecule has 1 fully saturated rings. The Hall–Kier alpha value is -4.05. The molecule has 0 atom stereocenters. The number of guanidine groups is 1. The van der Waals surface area contributed by atoms with E-state index in [0.29, 0.717) is 30.1 Å². The third-order valence-electron chi connectivity index (χ3n) is 6.62. The highest BCUT2D eigenvalue weighted by Crippen LogP contribution is 2.35. The molecule has 2 aliphatic heterocycles. The Labute approximate surface area is 210 Å². The van der Waals surface area contributed by atoms with Gasteiger partial charge in [-0.1, -0.05) is 24.3 Å². The molecule has 6 N–H and O–H groups in total. The Morgan fingerprint density at radius 3 is 2.44 bits per heavy atom. The van der Waals surface area contributed by atoms with Gasteiger partial charge in [0.05, 0.1) is 17.6 Å². The quantitative estimate of drug-likeness (QED) is 0.310. The summed E-state index contributed by atoms with van der Waals surface area (Å²) >= 11 is 0. The van der Waals surface area contributed by atoms with Gasteiger partial charge in [-0.05, 0) is 52.7 Å². The molecule has 9 nitrogen and oxygen atoms in total. The third kappa shape index (κ3) is 4.72. The van der Waals surface area contributed by atoms with Gasteiger partial charge in [-0.3, -0.25) is 15.1 Å². The van der Waals surface area contributed by atoms with E-state index in [0.717, 1.165) is 34.7 Å². The molecule has 0 bridgehead atoms. The van der Waals surface area contributed by atoms with Gasteiger partial charge in [-0.25, -0.2) is 8.42 Å². The van der Waals surface area contributed by atoms with Crippen molar-refractivity contribution in [1.29, 1.82) is 10.8 Å². The number of nitrogens with one attached hydrogen (secondary N) is 2. The fourth-order valence-corrected chi connectivity index (χ4v) is 5.88. The lowest BCUT2D eigenvalue weighted by molar-refractivity contribution is 0.130. The van der Waals surface area contributed by atoms with Gasteiger partial charge >= 0.3 is 0 Å². The maximum atomic E-state index is 13.0. The van der Waals surface area contributed by atoms with Crippen LogP contribution in [-0.2, 0) is 16.6 Å². The lowest BCUT2D eigenvalue weighted by atomic mass is 10.0. The van der Waals surface area contributed by atoms with Crippen molar-refractivity contribution in [2.24, 2.45) is 11.5 Å². The summed E-state index contributed by atoms with van der Waals surface area (Å²) in [6.45, 7) is 1.52. The molecule has 10 heteroatoms. The molecule has 186 valence electrons. The van der Waals surface area contributed by atoms with Crippen molar-refractivity contribution in [1.82, 2.24) is 4.90 Å². The highest BCUT2D eigenvalue weighted by atomic mass is 32.2. The second-order valence-electron chi connectivity index (χ2n) is 9.07. The maximum Gasteiger partial charge on any atom is 0.257 e. The summed E-state index contributed by atoms with van der Waals surface area (Å²) in [5, 5.41) is 18.4. The normalized spacial score (nSPS) is 17.1. The van der Waals surface area contributed by atoms with Crippen LogP contribution in [0.4, 0.5) is 5.69 Å². The number of nitrogen functional groups attached to an aromatic ring is 1. The van der Waals surface area contributed by atoms with Gasteiger partial charge < -0.3 is 21.1 Å². The number of anilines is 1. The lowest BCUT2D eigenvalue weighted by Gasteiger charge is -2.32. The van der Waals surface area contributed by atoms with Crippen LogP contribution in [0.15, 0.2) is 60.0 Å². The third-order valence-corrected chi connectivity index (χ3v) is 8.04. The number of rotatable bonds is 5. The van der Waals surface area contributed by atoms with E-state index in [4.69, 9.17) is 27.0 Å². The average Bonchev–Trinajstić information content (AvgIpc) is 2.85. The maximum absolute atomic E-state index is 13.0. The number of benzene rings is 3. The molecule has 1 saturated heterocycles. The Bertz CT molecular complexity index is 1490. The summed E-state index contributed by atoms with van der Waals surface area (Å²) < 4.78 is 33.5. The van der Waals surface area contributed by atoms with E-state index in [1.807, 2.05) is 41.3 Å². The van der Waals surface area contributed by atoms with E-state index in [1.54, 1.807) is 24.3 Å². The van der Waals surface area contributed by atoms with Crippen LogP contribution in [0.2, 0.25) is 0 Å². The van der Waals surface area contributed by atoms with Crippen LogP contribution < -0.4 is 20.5 Å². The van der Waals surface area contributed by atoms with Crippen molar-refractivity contribution in [3.8, 4) is 5.75 Å². The Kier molecular flexibility index (Phi) is 6.05. The van der Waals surface area contributed by atoms with Crippen molar-refractivity contribution in [2.75, 3.05) is 17.4 Å². The fraction of sp³-hybridized carbons (Fsp3) is 0.231. The van der Waals surface area contributed by atoms with Crippen LogP contribution in [0.3, 0.4) is 0 Å². The first-order chi connectivity index (χ1) is 17.2. The van der Waals surface area contributed by atoms with Crippen LogP contribution in [0.1, 0.15) is 29.5 Å². The van der Waals surface area contributed by atoms with E-state index in [-0.39, 0.29) is 24.4 Å². The monoisotopic (exact) mass is 504 g/mol. The van der Waals surface area contributed by atoms with Gasteiger partial charge in [0, 0.05) is 37.1 Å². The number of sulfonamides is 1. The molecule has 5 rings (SSSR count). The smallest absolute Gasteiger partial charge is 0.257 e. The first-order valence-corrected chi connectivity index (χ1v) is 13.2. The molecule has 3 aromatic carbocycles. The summed E-state index contributed by atoms with van der Waals surface area (Å²) in [5.41, 5.74) is 14.0. The number of likely N-dealkylation sites (tertiary alicyclic amines) is 1. The van der Waals surface area contributed by atoms with Crippen LogP contribution in [0.25, 0.3) is 16.8 Å². The predicted octanol–water partition coefficient (Wildman–Crippen LogP) is 3.18. The molecule has 0 saturated carbocycles. The molecule has 0 radical (unpaired) electrons. The molecule has 2 heterocycles. The van der Waals surface area contributed by atoms with Crippen molar-refractivity contribution < 1.29 is 13.2 Å². The highest BCUT2D eigenvalue weighted by Gasteiger charge is 2.27. The van der Waals surface area contributed by atoms with E-state index in [1.165, 1.54) is 9.71 Å². The van der Waals surface area contributed by atoms with Gasteiger partial charge in [0.1, 0.15) is 17.7 Å². The van der Waals surface area contributed by atoms with Crippen molar-refractivity contribution in [3.05, 3.63) is 76.7 Å². The standard InChI is InChI=1S/C26H28N6O3S/c27-25(28)20-4-3-18-2-1-17(13-21(18)14-20)16-32-24-6-5-23(15-19(24)9-12-36(32,33)34)35-22-7-10-31(11-8-22)26(29)30/h1-6,9,12-15,22H,7-8,10-11,16H2,(H3,27,28)(H3,29,30). The number of nitrogens with zero attached hydrogens (tertiary/aromatic N) is 2. The Morgan fingerprint density at radius 1 is 0.972 bits per heavy atom. The molecule has 0 unspecified atom stereocenters. The van der Waals surface area contributed by atoms with Crippen LogP contribution in [-0.4, -0.2) is 44.3 Å². The zero-order chi connectivity index (χ0) is 25.4. The van der Waals surface area contributed by atoms with Crippen molar-refractivity contribution >= 4 is 44.4 Å². The minimum absolute atomic E-state index is 0.0117. The molecular weight excluding hydrogens is 476 g/mol. The summed E-state index contributed by atoms with van der Waals surface area (Å²) in [6.07, 6.45) is 3.15. The zero-order valence-electron chi connectivity index (χ0n) is 19.6. The molecule has 0 aliphatic carbocycles. The first-order valence-electron chi connectivity index (χ1n) is 11.7. The van der Waals surface area contributed by atoms with E-state index in [9.17, 15) is 8.42 Å². The fourth-order valence-electron chi connectivity index (χ4n) is 4.65. The van der Waals surface area contributed by atoms with E-state index < -0.39 is 10.0 Å². The molecule has 0 amide bonds. The first kappa shape index (κ1) is 23.7. The summed E-state index contributed by atoms with van der Waals surface area (Å²) in [7, 11) is -3.64. The van der Waals surface area contributed by atoms with Gasteiger partial charge in [-0.2, -0.15) is 0 Å². The number of amidine groups is 1. The SMILES string of the molecule is N=C(N)c1ccc2ccc(CN3c4ccc(OC5CCN(C(=N)N)CC5)cc4C=CS3(=O)=O)cc2c1. The van der Waals surface area contributed by atoms with Gasteiger partial charge in [-0.15, -0.1) is 0 Å². The van der Waals surface area contributed by atoms with E-state index >= 15 is 0 Å². The largest absolute Gasteiger partial charge is 0.490 e. The van der Waals surface area contributed by atoms with Crippen molar-refractivity contribution in [3.63, 3.8) is 0 Å². The topological polar surface area (TPSA) is 150 Å². The van der Waals surface area contributed by atoms with Gasteiger partial charge in [0.25, 0.3) is 10.0 Å². The molecular formula is C26H28N6O3S. The summed E-state index contributed by atoms with van der Waals surface area (Å²) in [5.74, 6) is 0.753. The van der Waals surface area contributed by atoms with Gasteiger partial charge in [0.2, 0.25) is 0 Å². The molecule has 0 aromatic heterocycles. The zero-order valence-corrected chi connectivity index (χ0v) is 20.5. The molecule has 3 aromatic rings. The lowest BCUT2D eigenvalue weighted by Crippen LogP contribution is -2.44. The Balaban J connectivity index is 1.38.